The number of nitro groups is 1. The van der Waals surface area contributed by atoms with Crippen LogP contribution in [0.3, 0.4) is 0 Å². The fraction of sp³-hybridized carbons (Fsp3) is 0.636. The maximum atomic E-state index is 11.8. The Morgan fingerprint density at radius 1 is 1.63 bits per heavy atom. The summed E-state index contributed by atoms with van der Waals surface area (Å²) in [6, 6.07) is 0. The number of likely N-dealkylation sites (N-methyl/N-ethyl adjacent to an activating group) is 1. The largest absolute Gasteiger partial charge is 0.389 e. The van der Waals surface area contributed by atoms with Gasteiger partial charge in [0.2, 0.25) is 12.2 Å². The molecule has 19 heavy (non-hydrogen) atoms. The summed E-state index contributed by atoms with van der Waals surface area (Å²) >= 11 is 0. The second-order valence-electron chi connectivity index (χ2n) is 5.04. The Bertz CT molecular complexity index is 464. The number of carbonyl (C=O) groups excluding carboxylic acids is 1. The van der Waals surface area contributed by atoms with Gasteiger partial charge in [0.05, 0.1) is 5.60 Å². The van der Waals surface area contributed by atoms with Gasteiger partial charge in [-0.15, -0.1) is 0 Å². The number of nitrogens with zero attached hydrogens (tertiary/aromatic N) is 4. The summed E-state index contributed by atoms with van der Waals surface area (Å²) in [7, 11) is 1.61. The van der Waals surface area contributed by atoms with Crippen molar-refractivity contribution in [2.75, 3.05) is 13.6 Å². The number of hydrogen-bond donors (Lipinski definition) is 1. The lowest BCUT2D eigenvalue weighted by atomic mass is 10.1. The van der Waals surface area contributed by atoms with Crippen molar-refractivity contribution < 1.29 is 14.8 Å². The molecule has 1 aromatic rings. The second kappa shape index (κ2) is 5.79. The molecule has 106 valence electrons. The summed E-state index contributed by atoms with van der Waals surface area (Å²) in [6.07, 6.45) is 2.80. The van der Waals surface area contributed by atoms with Crippen molar-refractivity contribution >= 4 is 11.7 Å². The fourth-order valence-electron chi connectivity index (χ4n) is 1.65. The lowest BCUT2D eigenvalue weighted by Gasteiger charge is -2.25. The van der Waals surface area contributed by atoms with Crippen LogP contribution in [0.25, 0.3) is 0 Å². The van der Waals surface area contributed by atoms with E-state index in [0.29, 0.717) is 6.54 Å². The van der Waals surface area contributed by atoms with Crippen molar-refractivity contribution in [2.45, 2.75) is 32.4 Å². The molecule has 0 radical (unpaired) electrons. The number of imidazole rings is 1. The summed E-state index contributed by atoms with van der Waals surface area (Å²) < 4.78 is 1.49. The van der Waals surface area contributed by atoms with Crippen molar-refractivity contribution in [3.63, 3.8) is 0 Å². The van der Waals surface area contributed by atoms with E-state index in [1.165, 1.54) is 22.0 Å². The van der Waals surface area contributed by atoms with Gasteiger partial charge in [-0.05, 0) is 23.8 Å². The highest BCUT2D eigenvalue weighted by molar-refractivity contribution is 5.75. The van der Waals surface area contributed by atoms with E-state index in [0.717, 1.165) is 0 Å². The van der Waals surface area contributed by atoms with Crippen LogP contribution in [-0.2, 0) is 11.3 Å². The molecule has 1 amide bonds. The highest BCUT2D eigenvalue weighted by Crippen LogP contribution is 2.08. The third kappa shape index (κ3) is 5.04. The Kier molecular flexibility index (Phi) is 4.60. The smallest absolute Gasteiger partial charge is 0.381 e. The number of aliphatic hydroxyl groups is 1. The summed E-state index contributed by atoms with van der Waals surface area (Å²) in [4.78, 5) is 26.7. The Morgan fingerprint density at radius 2 is 2.26 bits per heavy atom. The minimum Gasteiger partial charge on any atom is -0.389 e. The van der Waals surface area contributed by atoms with E-state index in [-0.39, 0.29) is 24.7 Å². The number of rotatable bonds is 6. The van der Waals surface area contributed by atoms with Gasteiger partial charge in [0.25, 0.3) is 0 Å². The third-order valence-electron chi connectivity index (χ3n) is 2.44. The van der Waals surface area contributed by atoms with Gasteiger partial charge in [-0.2, -0.15) is 0 Å². The first-order chi connectivity index (χ1) is 8.69. The average Bonchev–Trinajstić information content (AvgIpc) is 2.72. The number of carbonyl (C=O) groups is 1. The molecule has 0 saturated carbocycles. The lowest BCUT2D eigenvalue weighted by Crippen LogP contribution is -2.39. The van der Waals surface area contributed by atoms with E-state index < -0.39 is 10.5 Å². The van der Waals surface area contributed by atoms with Crippen molar-refractivity contribution in [1.29, 1.82) is 0 Å². The molecule has 0 aliphatic carbocycles. The highest BCUT2D eigenvalue weighted by atomic mass is 16.6. The fourth-order valence-corrected chi connectivity index (χ4v) is 1.65. The maximum Gasteiger partial charge on any atom is 0.381 e. The Hall–Kier alpha value is -1.96. The van der Waals surface area contributed by atoms with Crippen LogP contribution in [0.4, 0.5) is 5.82 Å². The zero-order chi connectivity index (χ0) is 14.6. The van der Waals surface area contributed by atoms with E-state index in [2.05, 4.69) is 4.98 Å². The molecule has 1 heterocycles. The van der Waals surface area contributed by atoms with E-state index in [4.69, 9.17) is 0 Å². The zero-order valence-electron chi connectivity index (χ0n) is 11.2. The normalized spacial score (nSPS) is 11.4. The van der Waals surface area contributed by atoms with Gasteiger partial charge in [0.1, 0.15) is 6.20 Å². The van der Waals surface area contributed by atoms with Gasteiger partial charge in [-0.25, -0.2) is 0 Å². The van der Waals surface area contributed by atoms with Crippen LogP contribution < -0.4 is 0 Å². The Labute approximate surface area is 110 Å². The van der Waals surface area contributed by atoms with Crippen LogP contribution in [0.5, 0.6) is 0 Å². The molecule has 0 fully saturated rings. The van der Waals surface area contributed by atoms with E-state index in [1.807, 2.05) is 0 Å². The van der Waals surface area contributed by atoms with E-state index in [1.54, 1.807) is 20.9 Å². The van der Waals surface area contributed by atoms with Gasteiger partial charge in [-0.3, -0.25) is 4.79 Å². The van der Waals surface area contributed by atoms with E-state index in [9.17, 15) is 20.0 Å². The van der Waals surface area contributed by atoms with Gasteiger partial charge >= 0.3 is 5.82 Å². The van der Waals surface area contributed by atoms with Crippen molar-refractivity contribution in [2.24, 2.45) is 0 Å². The molecule has 1 rings (SSSR count). The monoisotopic (exact) mass is 270 g/mol. The molecule has 8 heteroatoms. The topological polar surface area (TPSA) is 102 Å². The molecular formula is C11H18N4O4. The number of hydrogen-bond acceptors (Lipinski definition) is 5. The standard InChI is InChI=1S/C11H18N4O4/c1-11(2,17)7-13(3)10(16)4-5-14-6-9(12-8-14)15(18)19/h6,8,17H,4-5,7H2,1-3H3. The second-order valence-corrected chi connectivity index (χ2v) is 5.04. The van der Waals surface area contributed by atoms with Crippen LogP contribution in [-0.4, -0.2) is 49.6 Å². The Balaban J connectivity index is 2.47. The molecule has 0 aromatic carbocycles. The highest BCUT2D eigenvalue weighted by Gasteiger charge is 2.19. The predicted molar refractivity (Wildman–Crippen MR) is 67.4 cm³/mol. The molecule has 0 aliphatic heterocycles. The third-order valence-corrected chi connectivity index (χ3v) is 2.44. The molecule has 8 nitrogen and oxygen atoms in total. The molecule has 0 unspecified atom stereocenters. The van der Waals surface area contributed by atoms with Gasteiger partial charge in [0.15, 0.2) is 0 Å². The number of aromatic nitrogens is 2. The first kappa shape index (κ1) is 15.1. The van der Waals surface area contributed by atoms with Gasteiger partial charge in [-0.1, -0.05) is 0 Å². The summed E-state index contributed by atoms with van der Waals surface area (Å²) in [5.74, 6) is -0.379. The molecule has 0 atom stereocenters. The van der Waals surface area contributed by atoms with Crippen LogP contribution in [0.1, 0.15) is 20.3 Å². The summed E-state index contributed by atoms with van der Waals surface area (Å²) in [5.41, 5.74) is -0.946. The minimum atomic E-state index is -0.946. The molecule has 0 aliphatic rings. The van der Waals surface area contributed by atoms with Crippen LogP contribution in [0.2, 0.25) is 0 Å². The Morgan fingerprint density at radius 3 is 2.74 bits per heavy atom. The maximum absolute atomic E-state index is 11.8. The first-order valence-corrected chi connectivity index (χ1v) is 5.81. The molecule has 1 aromatic heterocycles. The molecule has 0 bridgehead atoms. The quantitative estimate of drug-likeness (QED) is 0.596. The van der Waals surface area contributed by atoms with Gasteiger partial charge in [0, 0.05) is 26.6 Å². The predicted octanol–water partition coefficient (Wildman–Crippen LogP) is 0.411. The summed E-state index contributed by atoms with van der Waals surface area (Å²) in [5, 5.41) is 20.0. The lowest BCUT2D eigenvalue weighted by molar-refractivity contribution is -0.389. The number of amides is 1. The van der Waals surface area contributed by atoms with Crippen LogP contribution in [0.15, 0.2) is 12.5 Å². The molecular weight excluding hydrogens is 252 g/mol. The van der Waals surface area contributed by atoms with Crippen molar-refractivity contribution in [3.05, 3.63) is 22.6 Å². The van der Waals surface area contributed by atoms with Crippen LogP contribution in [0, 0.1) is 10.1 Å². The van der Waals surface area contributed by atoms with Gasteiger partial charge < -0.3 is 24.7 Å². The molecule has 0 saturated heterocycles. The molecule has 1 N–H and O–H groups in total. The zero-order valence-corrected chi connectivity index (χ0v) is 11.2. The number of aryl methyl sites for hydroxylation is 1. The van der Waals surface area contributed by atoms with Crippen molar-refractivity contribution in [3.8, 4) is 0 Å². The van der Waals surface area contributed by atoms with Crippen molar-refractivity contribution in [1.82, 2.24) is 14.5 Å². The SMILES string of the molecule is CN(CC(C)(C)O)C(=O)CCn1cnc([N+](=O)[O-])c1. The summed E-state index contributed by atoms with van der Waals surface area (Å²) in [6.45, 7) is 3.79. The van der Waals surface area contributed by atoms with E-state index >= 15 is 0 Å². The van der Waals surface area contributed by atoms with Crippen LogP contribution >= 0.6 is 0 Å². The average molecular weight is 270 g/mol. The minimum absolute atomic E-state index is 0.140. The molecule has 0 spiro atoms. The first-order valence-electron chi connectivity index (χ1n) is 5.81.